The topological polar surface area (TPSA) is 174 Å². The second kappa shape index (κ2) is 11.5. The molecule has 2 aliphatic rings. The Morgan fingerprint density at radius 2 is 1.93 bits per heavy atom. The van der Waals surface area contributed by atoms with Gasteiger partial charge in [-0.15, -0.1) is 10.2 Å². The number of amides is 3. The number of anilines is 3. The molecule has 3 aromatic rings. The van der Waals surface area contributed by atoms with E-state index in [0.29, 0.717) is 37.6 Å². The van der Waals surface area contributed by atoms with Crippen molar-refractivity contribution in [1.29, 1.82) is 0 Å². The average Bonchev–Trinajstić information content (AvgIpc) is 3.72. The van der Waals surface area contributed by atoms with Gasteiger partial charge in [-0.05, 0) is 38.8 Å². The summed E-state index contributed by atoms with van der Waals surface area (Å²) in [5, 5.41) is 19.5. The fraction of sp³-hybridized carbons (Fsp3) is 0.444. The summed E-state index contributed by atoms with van der Waals surface area (Å²) in [6, 6.07) is 6.38. The SMILES string of the molecule is [2H]C([2H])([2H])NC(=O)c1nnc(NC(=O)C2CC2)cc1Nc1cccc(-c2noc(C(C)(C)C(=O)N3CCOCC3)n2)c1OC. The Morgan fingerprint density at radius 3 is 2.63 bits per heavy atom. The molecule has 1 aliphatic carbocycles. The van der Waals surface area contributed by atoms with Crippen molar-refractivity contribution in [2.24, 2.45) is 5.92 Å². The van der Waals surface area contributed by atoms with Crippen LogP contribution in [0.5, 0.6) is 5.75 Å². The molecule has 0 unspecified atom stereocenters. The molecule has 2 aromatic heterocycles. The van der Waals surface area contributed by atoms with Gasteiger partial charge in [0.05, 0.1) is 37.3 Å². The number of rotatable bonds is 9. The van der Waals surface area contributed by atoms with Crippen molar-refractivity contribution in [2.45, 2.75) is 32.1 Å². The Hall–Kier alpha value is -4.59. The molecule has 0 radical (unpaired) electrons. The van der Waals surface area contributed by atoms with E-state index in [1.165, 1.54) is 13.2 Å². The normalized spacial score (nSPS) is 16.7. The molecule has 2 fully saturated rings. The molecule has 1 aromatic carbocycles. The van der Waals surface area contributed by atoms with Crippen molar-refractivity contribution < 1.29 is 32.5 Å². The molecular formula is C27H32N8O6. The van der Waals surface area contributed by atoms with Gasteiger partial charge in [-0.3, -0.25) is 14.4 Å². The number of ether oxygens (including phenoxy) is 2. The number of hydrogen-bond donors (Lipinski definition) is 3. The molecule has 5 rings (SSSR count). The van der Waals surface area contributed by atoms with Crippen LogP contribution in [0.3, 0.4) is 0 Å². The minimum absolute atomic E-state index is 0.0503. The summed E-state index contributed by atoms with van der Waals surface area (Å²) < 4.78 is 38.8. The molecule has 1 saturated heterocycles. The standard InChI is InChI=1S/C27H32N8O6/c1-27(2,26(38)35-10-12-40-13-11-35)25-31-22(34-41-25)16-6-5-7-17(21(16)39-4)29-18-14-19(30-23(36)15-8-9-15)32-33-20(18)24(37)28-3/h5-7,14-15H,8-13H2,1-4H3,(H,28,37)(H2,29,30,32,36)/i3D3. The molecule has 0 spiro atoms. The molecule has 3 heterocycles. The first kappa shape index (κ1) is 24.2. The third-order valence-electron chi connectivity index (χ3n) is 6.84. The van der Waals surface area contributed by atoms with Crippen molar-refractivity contribution in [1.82, 2.24) is 30.6 Å². The summed E-state index contributed by atoms with van der Waals surface area (Å²) in [7, 11) is 1.42. The number of methoxy groups -OCH3 is 1. The number of nitrogens with zero attached hydrogens (tertiary/aromatic N) is 5. The molecule has 1 saturated carbocycles. The van der Waals surface area contributed by atoms with Crippen molar-refractivity contribution in [3.63, 3.8) is 0 Å². The van der Waals surface area contributed by atoms with Crippen LogP contribution in [0.15, 0.2) is 28.8 Å². The second-order valence-corrected chi connectivity index (χ2v) is 10.2. The van der Waals surface area contributed by atoms with Gasteiger partial charge in [-0.2, -0.15) is 4.98 Å². The predicted molar refractivity (Wildman–Crippen MR) is 147 cm³/mol. The molecule has 3 N–H and O–H groups in total. The van der Waals surface area contributed by atoms with Crippen molar-refractivity contribution in [3.05, 3.63) is 35.9 Å². The summed E-state index contributed by atoms with van der Waals surface area (Å²) in [4.78, 5) is 44.6. The smallest absolute Gasteiger partial charge is 0.273 e. The largest absolute Gasteiger partial charge is 0.494 e. The van der Waals surface area contributed by atoms with Crippen LogP contribution in [0.25, 0.3) is 11.4 Å². The number of hydrogen-bond acceptors (Lipinski definition) is 11. The van der Waals surface area contributed by atoms with Gasteiger partial charge in [0, 0.05) is 36.2 Å². The molecule has 14 nitrogen and oxygen atoms in total. The highest BCUT2D eigenvalue weighted by Gasteiger charge is 2.40. The minimum atomic E-state index is -2.78. The lowest BCUT2D eigenvalue weighted by Crippen LogP contribution is -2.48. The zero-order valence-electron chi connectivity index (χ0n) is 25.8. The fourth-order valence-electron chi connectivity index (χ4n) is 4.37. The molecule has 3 amide bonds. The summed E-state index contributed by atoms with van der Waals surface area (Å²) in [6.45, 7) is 2.47. The van der Waals surface area contributed by atoms with E-state index in [9.17, 15) is 14.4 Å². The van der Waals surface area contributed by atoms with Crippen LogP contribution in [0.4, 0.5) is 17.2 Å². The van der Waals surface area contributed by atoms with Gasteiger partial charge in [0.15, 0.2) is 17.3 Å². The van der Waals surface area contributed by atoms with E-state index >= 15 is 0 Å². The number of benzene rings is 1. The summed E-state index contributed by atoms with van der Waals surface area (Å²) in [5.74, 6) is -0.942. The Morgan fingerprint density at radius 1 is 1.15 bits per heavy atom. The fourth-order valence-corrected chi connectivity index (χ4v) is 4.37. The zero-order valence-corrected chi connectivity index (χ0v) is 22.8. The maximum Gasteiger partial charge on any atom is 0.273 e. The number of carbonyl (C=O) groups is 3. The highest BCUT2D eigenvalue weighted by Crippen LogP contribution is 2.38. The Kier molecular flexibility index (Phi) is 6.79. The first-order chi connectivity index (χ1) is 20.9. The van der Waals surface area contributed by atoms with E-state index in [1.807, 2.05) is 5.32 Å². The Labute approximate surface area is 240 Å². The molecular weight excluding hydrogens is 532 g/mol. The van der Waals surface area contributed by atoms with E-state index in [0.717, 1.165) is 12.8 Å². The van der Waals surface area contributed by atoms with Crippen LogP contribution in [-0.2, 0) is 19.7 Å². The lowest BCUT2D eigenvalue weighted by Gasteiger charge is -2.32. The van der Waals surface area contributed by atoms with Crippen LogP contribution in [0.2, 0.25) is 0 Å². The lowest BCUT2D eigenvalue weighted by atomic mass is 9.91. The summed E-state index contributed by atoms with van der Waals surface area (Å²) >= 11 is 0. The maximum atomic E-state index is 13.3. The molecule has 0 bridgehead atoms. The van der Waals surface area contributed by atoms with E-state index < -0.39 is 18.3 Å². The molecule has 216 valence electrons. The Bertz CT molecular complexity index is 1570. The minimum Gasteiger partial charge on any atom is -0.494 e. The van der Waals surface area contributed by atoms with E-state index in [1.54, 1.807) is 36.9 Å². The van der Waals surface area contributed by atoms with Gasteiger partial charge in [-0.1, -0.05) is 11.2 Å². The van der Waals surface area contributed by atoms with Gasteiger partial charge in [0.25, 0.3) is 5.91 Å². The number of para-hydroxylation sites is 1. The van der Waals surface area contributed by atoms with Crippen LogP contribution in [-0.4, -0.2) is 83.3 Å². The van der Waals surface area contributed by atoms with Crippen molar-refractivity contribution in [2.75, 3.05) is 51.0 Å². The lowest BCUT2D eigenvalue weighted by molar-refractivity contribution is -0.141. The first-order valence-corrected chi connectivity index (χ1v) is 13.0. The second-order valence-electron chi connectivity index (χ2n) is 10.2. The van der Waals surface area contributed by atoms with Crippen LogP contribution >= 0.6 is 0 Å². The molecule has 14 heteroatoms. The van der Waals surface area contributed by atoms with Gasteiger partial charge in [-0.25, -0.2) is 0 Å². The van der Waals surface area contributed by atoms with Crippen LogP contribution in [0.1, 0.15) is 47.2 Å². The zero-order chi connectivity index (χ0) is 31.6. The molecule has 0 atom stereocenters. The quantitative estimate of drug-likeness (QED) is 0.345. The molecule has 41 heavy (non-hydrogen) atoms. The van der Waals surface area contributed by atoms with Crippen molar-refractivity contribution in [3.8, 4) is 17.1 Å². The van der Waals surface area contributed by atoms with Crippen LogP contribution in [0, 0.1) is 5.92 Å². The highest BCUT2D eigenvalue weighted by atomic mass is 16.5. The summed E-state index contributed by atoms with van der Waals surface area (Å²) in [5.41, 5.74) is -0.659. The first-order valence-electron chi connectivity index (χ1n) is 14.5. The third-order valence-corrected chi connectivity index (χ3v) is 6.84. The summed E-state index contributed by atoms with van der Waals surface area (Å²) in [6.07, 6.45) is 1.54. The van der Waals surface area contributed by atoms with E-state index in [2.05, 4.69) is 31.0 Å². The highest BCUT2D eigenvalue weighted by molar-refractivity contribution is 6.00. The number of nitrogens with one attached hydrogen (secondary N) is 3. The number of carbonyl (C=O) groups excluding carboxylic acids is 3. The van der Waals surface area contributed by atoms with E-state index in [4.69, 9.17) is 18.1 Å². The third kappa shape index (κ3) is 5.82. The van der Waals surface area contributed by atoms with E-state index in [-0.39, 0.29) is 52.4 Å². The van der Waals surface area contributed by atoms with Gasteiger partial charge in [0.1, 0.15) is 5.41 Å². The van der Waals surface area contributed by atoms with Gasteiger partial charge < -0.3 is 34.8 Å². The number of morpholine rings is 1. The maximum absolute atomic E-state index is 13.3. The van der Waals surface area contributed by atoms with Gasteiger partial charge >= 0.3 is 0 Å². The Balaban J connectivity index is 1.46. The van der Waals surface area contributed by atoms with Gasteiger partial charge in [0.2, 0.25) is 23.5 Å². The van der Waals surface area contributed by atoms with Crippen LogP contribution < -0.4 is 20.7 Å². The number of aromatic nitrogens is 4. The molecule has 1 aliphatic heterocycles. The average molecular weight is 568 g/mol. The predicted octanol–water partition coefficient (Wildman–Crippen LogP) is 2.12. The van der Waals surface area contributed by atoms with Crippen molar-refractivity contribution >= 4 is 34.9 Å². The monoisotopic (exact) mass is 567 g/mol.